The van der Waals surface area contributed by atoms with Crippen LogP contribution < -0.4 is 0 Å². The smallest absolute Gasteiger partial charge is 0.326 e. The Hall–Kier alpha value is -1.49. The van der Waals surface area contributed by atoms with E-state index in [2.05, 4.69) is 0 Å². The number of carboxylic acids is 1. The van der Waals surface area contributed by atoms with Gasteiger partial charge in [0.15, 0.2) is 0 Å². The molecule has 23 heavy (non-hydrogen) atoms. The maximum absolute atomic E-state index is 12.8. The lowest BCUT2D eigenvalue weighted by atomic mass is 9.84. The first kappa shape index (κ1) is 16.4. The summed E-state index contributed by atoms with van der Waals surface area (Å²) in [5.74, 6) is -0.558. The molecule has 1 N–H and O–H groups in total. The lowest BCUT2D eigenvalue weighted by molar-refractivity contribution is -0.143. The Morgan fingerprint density at radius 3 is 2.74 bits per heavy atom. The van der Waals surface area contributed by atoms with Crippen molar-refractivity contribution in [3.63, 3.8) is 0 Å². The summed E-state index contributed by atoms with van der Waals surface area (Å²) in [6, 6.07) is 5.11. The number of carbonyl (C=O) groups excluding carboxylic acids is 1. The molecular formula is C18H23NO3S. The van der Waals surface area contributed by atoms with Gasteiger partial charge >= 0.3 is 5.97 Å². The van der Waals surface area contributed by atoms with E-state index < -0.39 is 12.0 Å². The highest BCUT2D eigenvalue weighted by Crippen LogP contribution is 2.35. The van der Waals surface area contributed by atoms with Gasteiger partial charge in [0.2, 0.25) is 0 Å². The maximum atomic E-state index is 12.8. The summed E-state index contributed by atoms with van der Waals surface area (Å²) in [5.41, 5.74) is 1.66. The van der Waals surface area contributed by atoms with Crippen molar-refractivity contribution in [2.45, 2.75) is 56.0 Å². The van der Waals surface area contributed by atoms with Crippen molar-refractivity contribution in [2.24, 2.45) is 5.92 Å². The average Bonchev–Trinajstić information content (AvgIpc) is 2.90. The average molecular weight is 333 g/mol. The molecule has 1 fully saturated rings. The first-order valence-corrected chi connectivity index (χ1v) is 9.54. The molecule has 4 nitrogen and oxygen atoms in total. The Morgan fingerprint density at radius 2 is 2.09 bits per heavy atom. The van der Waals surface area contributed by atoms with Crippen LogP contribution in [0.2, 0.25) is 0 Å². The minimum atomic E-state index is -0.873. The zero-order valence-electron chi connectivity index (χ0n) is 13.5. The van der Waals surface area contributed by atoms with E-state index in [9.17, 15) is 14.7 Å². The number of rotatable bonds is 5. The molecular weight excluding hydrogens is 310 g/mol. The Labute approximate surface area is 141 Å². The molecule has 0 bridgehead atoms. The van der Waals surface area contributed by atoms with Gasteiger partial charge in [-0.15, -0.1) is 11.8 Å². The molecule has 0 saturated heterocycles. The molecule has 3 rings (SSSR count). The van der Waals surface area contributed by atoms with E-state index in [4.69, 9.17) is 0 Å². The second-order valence-corrected chi connectivity index (χ2v) is 7.37. The van der Waals surface area contributed by atoms with E-state index in [-0.39, 0.29) is 5.91 Å². The Balaban J connectivity index is 1.81. The van der Waals surface area contributed by atoms with Crippen molar-refractivity contribution in [3.05, 3.63) is 29.3 Å². The minimum Gasteiger partial charge on any atom is -0.480 e. The van der Waals surface area contributed by atoms with Crippen molar-refractivity contribution in [2.75, 3.05) is 6.26 Å². The van der Waals surface area contributed by atoms with Gasteiger partial charge in [0.1, 0.15) is 6.04 Å². The molecule has 1 aliphatic carbocycles. The number of carbonyl (C=O) groups is 2. The van der Waals surface area contributed by atoms with E-state index in [0.717, 1.165) is 23.3 Å². The molecule has 2 aliphatic rings. The Bertz CT molecular complexity index is 610. The lowest BCUT2D eigenvalue weighted by Gasteiger charge is -2.29. The number of fused-ring (bicyclic) bond motifs is 1. The van der Waals surface area contributed by atoms with Crippen molar-refractivity contribution in [3.8, 4) is 0 Å². The molecule has 1 unspecified atom stereocenters. The van der Waals surface area contributed by atoms with Crippen LogP contribution >= 0.6 is 11.8 Å². The summed E-state index contributed by atoms with van der Waals surface area (Å²) in [4.78, 5) is 27.1. The van der Waals surface area contributed by atoms with Gasteiger partial charge in [0.25, 0.3) is 5.91 Å². The number of hydrogen-bond donors (Lipinski definition) is 1. The van der Waals surface area contributed by atoms with Gasteiger partial charge in [-0.2, -0.15) is 0 Å². The van der Waals surface area contributed by atoms with Gasteiger partial charge in [-0.1, -0.05) is 44.2 Å². The fourth-order valence-electron chi connectivity index (χ4n) is 3.87. The molecule has 0 radical (unpaired) electrons. The largest absolute Gasteiger partial charge is 0.480 e. The number of amides is 1. The summed E-state index contributed by atoms with van der Waals surface area (Å²) in [6.07, 6.45) is 8.33. The van der Waals surface area contributed by atoms with E-state index in [1.807, 2.05) is 24.5 Å². The van der Waals surface area contributed by atoms with Crippen LogP contribution in [0.1, 0.15) is 54.4 Å². The van der Waals surface area contributed by atoms with Crippen LogP contribution in [-0.2, 0) is 11.3 Å². The number of nitrogens with zero attached hydrogens (tertiary/aromatic N) is 1. The van der Waals surface area contributed by atoms with Gasteiger partial charge in [-0.3, -0.25) is 4.79 Å². The Kier molecular flexibility index (Phi) is 4.95. The molecule has 1 aromatic rings. The van der Waals surface area contributed by atoms with Crippen LogP contribution in [0.4, 0.5) is 0 Å². The third-order valence-electron chi connectivity index (χ3n) is 5.09. The van der Waals surface area contributed by atoms with Crippen molar-refractivity contribution in [1.29, 1.82) is 0 Å². The van der Waals surface area contributed by atoms with Crippen LogP contribution in [-0.4, -0.2) is 34.2 Å². The number of hydrogen-bond acceptors (Lipinski definition) is 3. The maximum Gasteiger partial charge on any atom is 0.326 e. The summed E-state index contributed by atoms with van der Waals surface area (Å²) < 4.78 is 0. The van der Waals surface area contributed by atoms with Crippen LogP contribution in [0, 0.1) is 5.92 Å². The van der Waals surface area contributed by atoms with Gasteiger partial charge in [0, 0.05) is 11.4 Å². The normalized spacial score (nSPS) is 19.7. The third kappa shape index (κ3) is 3.25. The third-order valence-corrected chi connectivity index (χ3v) is 5.87. The fourth-order valence-corrected chi connectivity index (χ4v) is 4.51. The van der Waals surface area contributed by atoms with E-state index >= 15 is 0 Å². The second kappa shape index (κ2) is 6.95. The highest BCUT2D eigenvalue weighted by Gasteiger charge is 2.38. The zero-order chi connectivity index (χ0) is 16.4. The zero-order valence-corrected chi connectivity index (χ0v) is 14.3. The first-order chi connectivity index (χ1) is 11.1. The lowest BCUT2D eigenvalue weighted by Crippen LogP contribution is -2.42. The molecule has 1 saturated carbocycles. The second-order valence-electron chi connectivity index (χ2n) is 6.52. The van der Waals surface area contributed by atoms with Crippen molar-refractivity contribution >= 4 is 23.6 Å². The van der Waals surface area contributed by atoms with Crippen LogP contribution in [0.5, 0.6) is 0 Å². The molecule has 1 atom stereocenters. The van der Waals surface area contributed by atoms with Crippen molar-refractivity contribution in [1.82, 2.24) is 4.90 Å². The molecule has 1 aliphatic heterocycles. The van der Waals surface area contributed by atoms with Gasteiger partial charge in [0.05, 0.1) is 5.56 Å². The number of carboxylic acid groups (broad SMARTS) is 1. The summed E-state index contributed by atoms with van der Waals surface area (Å²) >= 11 is 1.54. The molecule has 5 heteroatoms. The van der Waals surface area contributed by atoms with Crippen molar-refractivity contribution < 1.29 is 14.7 Å². The van der Waals surface area contributed by atoms with Crippen LogP contribution in [0.3, 0.4) is 0 Å². The van der Waals surface area contributed by atoms with Gasteiger partial charge < -0.3 is 10.0 Å². The number of benzene rings is 1. The van der Waals surface area contributed by atoms with Gasteiger partial charge in [-0.05, 0) is 30.2 Å². The predicted octanol–water partition coefficient (Wildman–Crippen LogP) is 3.79. The Morgan fingerprint density at radius 1 is 1.35 bits per heavy atom. The summed E-state index contributed by atoms with van der Waals surface area (Å²) in [6.45, 7) is 0.423. The number of thioether (sulfide) groups is 1. The first-order valence-electron chi connectivity index (χ1n) is 8.31. The monoisotopic (exact) mass is 333 g/mol. The van der Waals surface area contributed by atoms with Crippen LogP contribution in [0.25, 0.3) is 0 Å². The van der Waals surface area contributed by atoms with Gasteiger partial charge in [-0.25, -0.2) is 4.79 Å². The highest BCUT2D eigenvalue weighted by molar-refractivity contribution is 7.98. The molecule has 1 heterocycles. The quantitative estimate of drug-likeness (QED) is 0.833. The molecule has 1 amide bonds. The molecule has 0 aromatic heterocycles. The number of aliphatic carboxylic acids is 1. The van der Waals surface area contributed by atoms with E-state index in [1.54, 1.807) is 16.7 Å². The minimum absolute atomic E-state index is 0.117. The highest BCUT2D eigenvalue weighted by atomic mass is 32.2. The molecule has 124 valence electrons. The summed E-state index contributed by atoms with van der Waals surface area (Å²) in [7, 11) is 0. The van der Waals surface area contributed by atoms with Crippen LogP contribution in [0.15, 0.2) is 23.1 Å². The predicted molar refractivity (Wildman–Crippen MR) is 90.7 cm³/mol. The topological polar surface area (TPSA) is 57.6 Å². The molecule has 1 aromatic carbocycles. The molecule has 0 spiro atoms. The standard InChI is InChI=1S/C18H23NO3S/c1-23-15-9-5-8-13-11-19(17(20)16(13)15)14(18(21)22)10-12-6-3-2-4-7-12/h5,8-9,12,14H,2-4,6-7,10-11H2,1H3,(H,21,22). The SMILES string of the molecule is CSc1cccc2c1C(=O)N(C(CC1CCCCC1)C(=O)O)C2. The van der Waals surface area contributed by atoms with E-state index in [0.29, 0.717) is 24.4 Å². The fraction of sp³-hybridized carbons (Fsp3) is 0.556. The van der Waals surface area contributed by atoms with E-state index in [1.165, 1.54) is 19.3 Å². The summed E-state index contributed by atoms with van der Waals surface area (Å²) in [5, 5.41) is 9.69.